The first-order valence-electron chi connectivity index (χ1n) is 5.14. The minimum absolute atomic E-state index is 0.129. The summed E-state index contributed by atoms with van der Waals surface area (Å²) in [6.07, 6.45) is 2.66. The molecule has 0 aliphatic heterocycles. The molecule has 1 aliphatic carbocycles. The molecule has 1 aliphatic rings. The van der Waals surface area contributed by atoms with Crippen molar-refractivity contribution in [2.75, 3.05) is 5.73 Å². The van der Waals surface area contributed by atoms with Crippen molar-refractivity contribution in [2.24, 2.45) is 0 Å². The van der Waals surface area contributed by atoms with Gasteiger partial charge in [0, 0.05) is 15.4 Å². The second kappa shape index (κ2) is 2.19. The van der Waals surface area contributed by atoms with Crippen molar-refractivity contribution in [3.63, 3.8) is 0 Å². The SMILES string of the molecule is [2H]C([2H])([2H])c1nc(N)c2c(n1)CCC2. The number of anilines is 1. The fourth-order valence-corrected chi connectivity index (χ4v) is 1.46. The molecule has 0 amide bonds. The van der Waals surface area contributed by atoms with E-state index in [9.17, 15) is 0 Å². The van der Waals surface area contributed by atoms with Gasteiger partial charge in [-0.25, -0.2) is 9.97 Å². The average Bonchev–Trinajstić information content (AvgIpc) is 2.50. The first kappa shape index (κ1) is 4.04. The minimum atomic E-state index is -2.26. The van der Waals surface area contributed by atoms with Gasteiger partial charge in [0.2, 0.25) is 0 Å². The summed E-state index contributed by atoms with van der Waals surface area (Å²) in [6.45, 7) is -2.26. The third kappa shape index (κ3) is 0.964. The van der Waals surface area contributed by atoms with Crippen LogP contribution in [0.25, 0.3) is 0 Å². The molecular weight excluding hydrogens is 138 g/mol. The molecule has 2 rings (SSSR count). The number of hydrogen-bond acceptors (Lipinski definition) is 3. The van der Waals surface area contributed by atoms with E-state index in [1.54, 1.807) is 0 Å². The van der Waals surface area contributed by atoms with E-state index in [0.717, 1.165) is 30.5 Å². The molecule has 0 unspecified atom stereocenters. The van der Waals surface area contributed by atoms with Gasteiger partial charge in [-0.2, -0.15) is 0 Å². The highest BCUT2D eigenvalue weighted by molar-refractivity contribution is 5.44. The van der Waals surface area contributed by atoms with Crippen LogP contribution >= 0.6 is 0 Å². The number of nitrogens with zero attached hydrogens (tertiary/aromatic N) is 2. The first-order valence-corrected chi connectivity index (χ1v) is 3.64. The van der Waals surface area contributed by atoms with Gasteiger partial charge in [-0.1, -0.05) is 0 Å². The smallest absolute Gasteiger partial charge is 0.130 e. The highest BCUT2D eigenvalue weighted by Crippen LogP contribution is 2.23. The predicted octanol–water partition coefficient (Wildman–Crippen LogP) is 0.856. The maximum absolute atomic E-state index is 7.18. The van der Waals surface area contributed by atoms with Gasteiger partial charge in [0.1, 0.15) is 11.6 Å². The summed E-state index contributed by atoms with van der Waals surface area (Å²) in [5.74, 6) is 0.203. The lowest BCUT2D eigenvalue weighted by Gasteiger charge is -2.02. The molecule has 0 saturated carbocycles. The molecule has 0 fully saturated rings. The average molecular weight is 152 g/mol. The van der Waals surface area contributed by atoms with Crippen molar-refractivity contribution in [3.05, 3.63) is 17.1 Å². The molecule has 3 heteroatoms. The molecule has 0 aromatic carbocycles. The monoisotopic (exact) mass is 152 g/mol. The summed E-state index contributed by atoms with van der Waals surface area (Å²) in [5.41, 5.74) is 7.41. The predicted molar refractivity (Wildman–Crippen MR) is 43.2 cm³/mol. The number of aryl methyl sites for hydroxylation is 2. The lowest BCUT2D eigenvalue weighted by molar-refractivity contribution is 0.895. The second-order valence-electron chi connectivity index (χ2n) is 2.71. The van der Waals surface area contributed by atoms with Crippen LogP contribution in [0.1, 0.15) is 27.6 Å². The molecule has 3 nitrogen and oxygen atoms in total. The minimum Gasteiger partial charge on any atom is -0.383 e. The van der Waals surface area contributed by atoms with Crippen molar-refractivity contribution in [1.82, 2.24) is 9.97 Å². The van der Waals surface area contributed by atoms with Crippen LogP contribution in [-0.4, -0.2) is 9.97 Å². The van der Waals surface area contributed by atoms with E-state index in [1.807, 2.05) is 0 Å². The van der Waals surface area contributed by atoms with Gasteiger partial charge in [0.05, 0.1) is 0 Å². The third-order valence-corrected chi connectivity index (χ3v) is 1.97. The zero-order valence-electron chi connectivity index (χ0n) is 9.09. The molecule has 0 spiro atoms. The van der Waals surface area contributed by atoms with Crippen LogP contribution in [0.2, 0.25) is 0 Å². The number of aromatic nitrogens is 2. The zero-order valence-corrected chi connectivity index (χ0v) is 6.09. The Morgan fingerprint density at radius 2 is 2.36 bits per heavy atom. The Morgan fingerprint density at radius 1 is 1.45 bits per heavy atom. The number of rotatable bonds is 0. The normalized spacial score (nSPS) is 20.2. The lowest BCUT2D eigenvalue weighted by Crippen LogP contribution is -2.02. The van der Waals surface area contributed by atoms with E-state index < -0.39 is 6.85 Å². The fourth-order valence-electron chi connectivity index (χ4n) is 1.46. The molecule has 0 radical (unpaired) electrons. The quantitative estimate of drug-likeness (QED) is 0.599. The van der Waals surface area contributed by atoms with Crippen LogP contribution in [0.5, 0.6) is 0 Å². The molecule has 0 atom stereocenters. The molecule has 1 aromatic heterocycles. The Hall–Kier alpha value is -1.12. The van der Waals surface area contributed by atoms with E-state index in [0.29, 0.717) is 5.82 Å². The molecule has 1 aromatic rings. The van der Waals surface area contributed by atoms with Gasteiger partial charge in [-0.05, 0) is 26.1 Å². The van der Waals surface area contributed by atoms with Crippen LogP contribution in [0, 0.1) is 6.85 Å². The highest BCUT2D eigenvalue weighted by Gasteiger charge is 2.15. The van der Waals surface area contributed by atoms with Gasteiger partial charge in [0.15, 0.2) is 0 Å². The largest absolute Gasteiger partial charge is 0.383 e. The van der Waals surface area contributed by atoms with Gasteiger partial charge >= 0.3 is 0 Å². The van der Waals surface area contributed by atoms with E-state index in [2.05, 4.69) is 9.97 Å². The van der Waals surface area contributed by atoms with Crippen molar-refractivity contribution < 1.29 is 4.11 Å². The number of nitrogens with two attached hydrogens (primary N) is 1. The van der Waals surface area contributed by atoms with Gasteiger partial charge in [0.25, 0.3) is 0 Å². The highest BCUT2D eigenvalue weighted by atomic mass is 14.9. The Kier molecular flexibility index (Phi) is 0.804. The maximum atomic E-state index is 7.18. The standard InChI is InChI=1S/C8H11N3/c1-5-10-7-4-2-3-6(7)8(9)11-5/h2-4H2,1H3,(H2,9,10,11)/i1D3. The molecular formula is C8H11N3. The van der Waals surface area contributed by atoms with E-state index in [4.69, 9.17) is 9.85 Å². The Bertz CT molecular complexity index is 373. The van der Waals surface area contributed by atoms with Crippen LogP contribution in [0.3, 0.4) is 0 Å². The molecule has 0 bridgehead atoms. The van der Waals surface area contributed by atoms with E-state index in [-0.39, 0.29) is 5.82 Å². The van der Waals surface area contributed by atoms with Gasteiger partial charge in [-0.15, -0.1) is 0 Å². The molecule has 2 N–H and O–H groups in total. The summed E-state index contributed by atoms with van der Waals surface area (Å²) in [4.78, 5) is 7.85. The summed E-state index contributed by atoms with van der Waals surface area (Å²) in [5, 5.41) is 0. The zero-order chi connectivity index (χ0) is 10.3. The van der Waals surface area contributed by atoms with Crippen LogP contribution in [0.4, 0.5) is 5.82 Å². The van der Waals surface area contributed by atoms with Gasteiger partial charge in [-0.3, -0.25) is 0 Å². The first-order chi connectivity index (χ1) is 6.48. The van der Waals surface area contributed by atoms with Crippen LogP contribution < -0.4 is 5.73 Å². The number of nitrogen functional groups attached to an aromatic ring is 1. The second-order valence-corrected chi connectivity index (χ2v) is 2.71. The van der Waals surface area contributed by atoms with Crippen LogP contribution in [0.15, 0.2) is 0 Å². The summed E-state index contributed by atoms with van der Waals surface area (Å²) >= 11 is 0. The van der Waals surface area contributed by atoms with Crippen molar-refractivity contribution >= 4 is 5.82 Å². The van der Waals surface area contributed by atoms with Crippen molar-refractivity contribution in [1.29, 1.82) is 0 Å². The van der Waals surface area contributed by atoms with E-state index >= 15 is 0 Å². The van der Waals surface area contributed by atoms with Crippen LogP contribution in [-0.2, 0) is 12.8 Å². The van der Waals surface area contributed by atoms with Crippen molar-refractivity contribution in [3.8, 4) is 0 Å². The summed E-state index contributed by atoms with van der Waals surface area (Å²) < 4.78 is 21.6. The lowest BCUT2D eigenvalue weighted by atomic mass is 10.2. The molecule has 11 heavy (non-hydrogen) atoms. The Morgan fingerprint density at radius 3 is 3.18 bits per heavy atom. The number of hydrogen-bond donors (Lipinski definition) is 1. The number of fused-ring (bicyclic) bond motifs is 1. The molecule has 1 heterocycles. The van der Waals surface area contributed by atoms with E-state index in [1.165, 1.54) is 0 Å². The molecule has 58 valence electrons. The van der Waals surface area contributed by atoms with Gasteiger partial charge < -0.3 is 5.73 Å². The summed E-state index contributed by atoms with van der Waals surface area (Å²) in [7, 11) is 0. The Balaban J connectivity index is 2.52. The Labute approximate surface area is 69.9 Å². The third-order valence-electron chi connectivity index (χ3n) is 1.97. The maximum Gasteiger partial charge on any atom is 0.130 e. The summed E-state index contributed by atoms with van der Waals surface area (Å²) in [6, 6.07) is 0. The molecule has 0 saturated heterocycles. The van der Waals surface area contributed by atoms with Crippen molar-refractivity contribution in [2.45, 2.75) is 26.1 Å². The topological polar surface area (TPSA) is 51.8 Å². The fraction of sp³-hybridized carbons (Fsp3) is 0.500.